The Morgan fingerprint density at radius 3 is 1.77 bits per heavy atom. The average Bonchev–Trinajstić information content (AvgIpc) is 2.07. The maximum absolute atomic E-state index is 9.72. The molecule has 0 aromatic rings. The summed E-state index contributed by atoms with van der Waals surface area (Å²) in [5.41, 5.74) is 0. The summed E-state index contributed by atoms with van der Waals surface area (Å²) in [5.74, 6) is -2.91. The molecule has 0 aliphatic heterocycles. The summed E-state index contributed by atoms with van der Waals surface area (Å²) in [4.78, 5) is 9.72. The Morgan fingerprint density at radius 1 is 1.46 bits per heavy atom. The lowest BCUT2D eigenvalue weighted by Crippen LogP contribution is -2.07. The van der Waals surface area contributed by atoms with Gasteiger partial charge < -0.3 is 15.3 Å². The van der Waals surface area contributed by atoms with E-state index in [1.54, 1.807) is 0 Å². The van der Waals surface area contributed by atoms with Gasteiger partial charge in [-0.3, -0.25) is 0 Å². The van der Waals surface area contributed by atoms with Gasteiger partial charge in [0.2, 0.25) is 5.92 Å². The van der Waals surface area contributed by atoms with Crippen molar-refractivity contribution in [3.05, 3.63) is 0 Å². The third-order valence-electron chi connectivity index (χ3n) is 0.769. The largest absolute Gasteiger partial charge is 0.479 e. The standard InChI is InChI=1S/C4H2N2O2.C3H8O2/c5-1-3(2-6)4(7)8;1-3(5)2-4/h3H,(H,7,8);3-5H,2H2,1H3. The van der Waals surface area contributed by atoms with Gasteiger partial charge in [-0.15, -0.1) is 0 Å². The van der Waals surface area contributed by atoms with Crippen molar-refractivity contribution >= 4 is 5.97 Å². The molecular weight excluding hydrogens is 176 g/mol. The molecule has 0 heterocycles. The van der Waals surface area contributed by atoms with E-state index in [0.717, 1.165) is 0 Å². The molecule has 0 spiro atoms. The molecule has 0 aliphatic rings. The maximum atomic E-state index is 9.72. The number of hydrogen-bond acceptors (Lipinski definition) is 5. The SMILES string of the molecule is CC(O)CO.N#CC(C#N)C(=O)O. The van der Waals surface area contributed by atoms with Crippen LogP contribution in [0, 0.1) is 28.6 Å². The van der Waals surface area contributed by atoms with Crippen LogP contribution in [0.25, 0.3) is 0 Å². The molecule has 0 amide bonds. The highest BCUT2D eigenvalue weighted by Crippen LogP contribution is 1.88. The molecule has 0 radical (unpaired) electrons. The Kier molecular flexibility index (Phi) is 9.07. The molecule has 1 unspecified atom stereocenters. The van der Waals surface area contributed by atoms with Crippen LogP contribution < -0.4 is 0 Å². The van der Waals surface area contributed by atoms with Crippen LogP contribution in [-0.2, 0) is 4.79 Å². The molecule has 0 fully saturated rings. The number of rotatable bonds is 2. The zero-order valence-electron chi connectivity index (χ0n) is 7.01. The zero-order valence-corrected chi connectivity index (χ0v) is 7.01. The number of nitrogens with zero attached hydrogens (tertiary/aromatic N) is 2. The second kappa shape index (κ2) is 8.47. The number of aliphatic hydroxyl groups is 2. The third-order valence-corrected chi connectivity index (χ3v) is 0.769. The normalized spacial score (nSPS) is 10.3. The van der Waals surface area contributed by atoms with E-state index in [2.05, 4.69) is 0 Å². The molecule has 13 heavy (non-hydrogen) atoms. The van der Waals surface area contributed by atoms with Crippen molar-refractivity contribution in [3.63, 3.8) is 0 Å². The third kappa shape index (κ3) is 10.4. The van der Waals surface area contributed by atoms with E-state index >= 15 is 0 Å². The quantitative estimate of drug-likeness (QED) is 0.512. The average molecular weight is 186 g/mol. The maximum Gasteiger partial charge on any atom is 0.335 e. The van der Waals surface area contributed by atoms with Crippen LogP contribution in [0.1, 0.15) is 6.92 Å². The molecule has 0 saturated carbocycles. The van der Waals surface area contributed by atoms with Crippen molar-refractivity contribution in [3.8, 4) is 12.1 Å². The molecule has 0 aromatic carbocycles. The molecule has 0 saturated heterocycles. The number of hydrogen-bond donors (Lipinski definition) is 3. The summed E-state index contributed by atoms with van der Waals surface area (Å²) in [6, 6.07) is 2.58. The fraction of sp³-hybridized carbons (Fsp3) is 0.571. The molecule has 0 aromatic heterocycles. The molecule has 1 atom stereocenters. The minimum absolute atomic E-state index is 0.139. The predicted molar refractivity (Wildman–Crippen MR) is 41.1 cm³/mol. The number of carboxylic acids is 1. The minimum atomic E-state index is -1.52. The van der Waals surface area contributed by atoms with Crippen LogP contribution in [0.4, 0.5) is 0 Å². The van der Waals surface area contributed by atoms with Crippen LogP contribution in [0.3, 0.4) is 0 Å². The van der Waals surface area contributed by atoms with Crippen molar-refractivity contribution < 1.29 is 20.1 Å². The van der Waals surface area contributed by atoms with Gasteiger partial charge in [0.05, 0.1) is 24.8 Å². The summed E-state index contributed by atoms with van der Waals surface area (Å²) < 4.78 is 0. The molecule has 3 N–H and O–H groups in total. The van der Waals surface area contributed by atoms with Gasteiger partial charge in [-0.2, -0.15) is 10.5 Å². The molecule has 0 aliphatic carbocycles. The van der Waals surface area contributed by atoms with Crippen LogP contribution >= 0.6 is 0 Å². The van der Waals surface area contributed by atoms with Gasteiger partial charge >= 0.3 is 5.97 Å². The Labute approximate surface area is 75.3 Å². The summed E-state index contributed by atoms with van der Waals surface area (Å²) in [6.07, 6.45) is -0.560. The van der Waals surface area contributed by atoms with Gasteiger partial charge in [-0.25, -0.2) is 4.79 Å². The zero-order chi connectivity index (χ0) is 10.9. The number of nitriles is 2. The van der Waals surface area contributed by atoms with Gasteiger partial charge in [0.1, 0.15) is 0 Å². The monoisotopic (exact) mass is 186 g/mol. The lowest BCUT2D eigenvalue weighted by atomic mass is 10.2. The summed E-state index contributed by atoms with van der Waals surface area (Å²) >= 11 is 0. The first-order valence-electron chi connectivity index (χ1n) is 3.30. The van der Waals surface area contributed by atoms with E-state index in [0.29, 0.717) is 0 Å². The van der Waals surface area contributed by atoms with Crippen LogP contribution in [0.2, 0.25) is 0 Å². The van der Waals surface area contributed by atoms with Gasteiger partial charge in [0, 0.05) is 0 Å². The highest BCUT2D eigenvalue weighted by atomic mass is 16.4. The van der Waals surface area contributed by atoms with Crippen molar-refractivity contribution in [1.29, 1.82) is 10.5 Å². The van der Waals surface area contributed by atoms with E-state index in [4.69, 9.17) is 25.8 Å². The van der Waals surface area contributed by atoms with Gasteiger partial charge in [0.25, 0.3) is 0 Å². The van der Waals surface area contributed by atoms with Crippen LogP contribution in [-0.4, -0.2) is 34.0 Å². The molecular formula is C7H10N2O4. The Bertz CT molecular complexity index is 212. The summed E-state index contributed by atoms with van der Waals surface area (Å²) in [5, 5.41) is 39.6. The molecule has 6 nitrogen and oxygen atoms in total. The van der Waals surface area contributed by atoms with Gasteiger partial charge in [0.15, 0.2) is 0 Å². The van der Waals surface area contributed by atoms with E-state index in [1.807, 2.05) is 0 Å². The lowest BCUT2D eigenvalue weighted by molar-refractivity contribution is -0.138. The lowest BCUT2D eigenvalue weighted by Gasteiger charge is -1.90. The van der Waals surface area contributed by atoms with Crippen molar-refractivity contribution in [2.75, 3.05) is 6.61 Å². The fourth-order valence-electron chi connectivity index (χ4n) is 0.139. The Hall–Kier alpha value is -1.63. The first kappa shape index (κ1) is 13.9. The minimum Gasteiger partial charge on any atom is -0.479 e. The highest BCUT2D eigenvalue weighted by Gasteiger charge is 2.13. The van der Waals surface area contributed by atoms with Crippen molar-refractivity contribution in [2.45, 2.75) is 13.0 Å². The van der Waals surface area contributed by atoms with E-state index in [9.17, 15) is 4.79 Å². The van der Waals surface area contributed by atoms with E-state index in [1.165, 1.54) is 19.1 Å². The smallest absolute Gasteiger partial charge is 0.335 e. The van der Waals surface area contributed by atoms with Crippen LogP contribution in [0.15, 0.2) is 0 Å². The molecule has 72 valence electrons. The first-order chi connectivity index (χ1) is 5.99. The second-order valence-corrected chi connectivity index (χ2v) is 2.06. The van der Waals surface area contributed by atoms with Crippen molar-refractivity contribution in [1.82, 2.24) is 0 Å². The summed E-state index contributed by atoms with van der Waals surface area (Å²) in [6.45, 7) is 1.39. The molecule has 0 bridgehead atoms. The number of carbonyl (C=O) groups is 1. The fourth-order valence-corrected chi connectivity index (χ4v) is 0.139. The van der Waals surface area contributed by atoms with Gasteiger partial charge in [-0.1, -0.05) is 0 Å². The number of carboxylic acid groups (broad SMARTS) is 1. The van der Waals surface area contributed by atoms with Gasteiger partial charge in [-0.05, 0) is 6.92 Å². The van der Waals surface area contributed by atoms with Crippen molar-refractivity contribution in [2.24, 2.45) is 5.92 Å². The number of aliphatic hydroxyl groups excluding tert-OH is 2. The topological polar surface area (TPSA) is 125 Å². The first-order valence-corrected chi connectivity index (χ1v) is 3.30. The molecule has 0 rings (SSSR count). The Morgan fingerprint density at radius 2 is 1.77 bits per heavy atom. The number of aliphatic carboxylic acids is 1. The Balaban J connectivity index is 0. The second-order valence-electron chi connectivity index (χ2n) is 2.06. The summed E-state index contributed by atoms with van der Waals surface area (Å²) in [7, 11) is 0. The van der Waals surface area contributed by atoms with E-state index < -0.39 is 18.0 Å². The molecule has 6 heteroatoms. The predicted octanol–water partition coefficient (Wildman–Crippen LogP) is -0.906. The highest BCUT2D eigenvalue weighted by molar-refractivity contribution is 5.75. The van der Waals surface area contributed by atoms with Crippen LogP contribution in [0.5, 0.6) is 0 Å². The van der Waals surface area contributed by atoms with E-state index in [-0.39, 0.29) is 6.61 Å².